The molecule has 2 aromatic carbocycles. The Labute approximate surface area is 164 Å². The van der Waals surface area contributed by atoms with Crippen molar-refractivity contribution in [2.75, 3.05) is 18.1 Å². The SMILES string of the molecule is CC(=O)N[C@H]1C(=O)N(CCCOc2ccc(Cl)cc2)c2c(C)cc(C)cc21. The Morgan fingerprint density at radius 3 is 2.59 bits per heavy atom. The maximum Gasteiger partial charge on any atom is 0.254 e. The number of carbonyl (C=O) groups excluding carboxylic acids is 2. The summed E-state index contributed by atoms with van der Waals surface area (Å²) in [5, 5.41) is 3.44. The Morgan fingerprint density at radius 1 is 1.22 bits per heavy atom. The minimum atomic E-state index is -0.617. The first kappa shape index (κ1) is 19.2. The number of carbonyl (C=O) groups is 2. The zero-order valence-electron chi connectivity index (χ0n) is 15.7. The standard InChI is InChI=1S/C21H23ClN2O3/c1-13-11-14(2)20-18(12-13)19(23-15(3)25)21(26)24(20)9-4-10-27-17-7-5-16(22)6-8-17/h5-8,11-12,19H,4,9-10H2,1-3H3,(H,23,25)/t19-/m1/s1. The Kier molecular flexibility index (Phi) is 5.71. The first-order valence-electron chi connectivity index (χ1n) is 8.95. The number of benzene rings is 2. The molecular weight excluding hydrogens is 364 g/mol. The summed E-state index contributed by atoms with van der Waals surface area (Å²) >= 11 is 5.87. The number of hydrogen-bond acceptors (Lipinski definition) is 3. The highest BCUT2D eigenvalue weighted by Gasteiger charge is 2.38. The average Bonchev–Trinajstić information content (AvgIpc) is 2.85. The zero-order valence-corrected chi connectivity index (χ0v) is 16.5. The molecule has 142 valence electrons. The Morgan fingerprint density at radius 2 is 1.93 bits per heavy atom. The van der Waals surface area contributed by atoms with Crippen molar-refractivity contribution in [1.82, 2.24) is 5.32 Å². The fraction of sp³-hybridized carbons (Fsp3) is 0.333. The molecule has 5 nitrogen and oxygen atoms in total. The molecule has 2 amide bonds. The van der Waals surface area contributed by atoms with Crippen molar-refractivity contribution in [1.29, 1.82) is 0 Å². The van der Waals surface area contributed by atoms with Gasteiger partial charge < -0.3 is 15.0 Å². The number of anilines is 1. The minimum absolute atomic E-state index is 0.0969. The lowest BCUT2D eigenvalue weighted by atomic mass is 10.0. The maximum absolute atomic E-state index is 12.9. The van der Waals surface area contributed by atoms with E-state index in [2.05, 4.69) is 11.4 Å². The third-order valence-electron chi connectivity index (χ3n) is 4.52. The summed E-state index contributed by atoms with van der Waals surface area (Å²) < 4.78 is 5.72. The number of nitrogens with one attached hydrogen (secondary N) is 1. The molecule has 6 heteroatoms. The van der Waals surface area contributed by atoms with E-state index >= 15 is 0 Å². The van der Waals surface area contributed by atoms with Crippen LogP contribution in [-0.2, 0) is 9.59 Å². The van der Waals surface area contributed by atoms with Gasteiger partial charge in [0.15, 0.2) is 0 Å². The van der Waals surface area contributed by atoms with Gasteiger partial charge in [0.25, 0.3) is 5.91 Å². The van der Waals surface area contributed by atoms with E-state index in [1.54, 1.807) is 17.0 Å². The summed E-state index contributed by atoms with van der Waals surface area (Å²) in [7, 11) is 0. The van der Waals surface area contributed by atoms with Crippen LogP contribution in [-0.4, -0.2) is 25.0 Å². The third kappa shape index (κ3) is 4.25. The van der Waals surface area contributed by atoms with Crippen molar-refractivity contribution in [3.8, 4) is 5.75 Å². The number of fused-ring (bicyclic) bond motifs is 1. The molecule has 3 rings (SSSR count). The topological polar surface area (TPSA) is 58.6 Å². The maximum atomic E-state index is 12.9. The molecule has 1 atom stereocenters. The molecular formula is C21H23ClN2O3. The van der Waals surface area contributed by atoms with E-state index < -0.39 is 6.04 Å². The molecule has 1 heterocycles. The first-order chi connectivity index (χ1) is 12.9. The van der Waals surface area contributed by atoms with Gasteiger partial charge in [-0.15, -0.1) is 0 Å². The van der Waals surface area contributed by atoms with Crippen molar-refractivity contribution >= 4 is 29.1 Å². The first-order valence-corrected chi connectivity index (χ1v) is 9.32. The average molecular weight is 387 g/mol. The number of ether oxygens (including phenoxy) is 1. The Balaban J connectivity index is 1.71. The lowest BCUT2D eigenvalue weighted by Gasteiger charge is -2.20. The van der Waals surface area contributed by atoms with Gasteiger partial charge in [-0.3, -0.25) is 9.59 Å². The van der Waals surface area contributed by atoms with E-state index in [-0.39, 0.29) is 11.8 Å². The molecule has 0 saturated carbocycles. The molecule has 0 fully saturated rings. The molecule has 0 saturated heterocycles. The molecule has 1 aliphatic rings. The monoisotopic (exact) mass is 386 g/mol. The molecule has 0 spiro atoms. The van der Waals surface area contributed by atoms with Crippen LogP contribution in [0.1, 0.15) is 36.1 Å². The Bertz CT molecular complexity index is 864. The van der Waals surface area contributed by atoms with E-state index in [0.29, 0.717) is 24.6 Å². The highest BCUT2D eigenvalue weighted by Crippen LogP contribution is 2.39. The summed E-state index contributed by atoms with van der Waals surface area (Å²) in [6, 6.07) is 10.6. The van der Waals surface area contributed by atoms with Gasteiger partial charge >= 0.3 is 0 Å². The third-order valence-corrected chi connectivity index (χ3v) is 4.78. The Hall–Kier alpha value is -2.53. The minimum Gasteiger partial charge on any atom is -0.494 e. The predicted molar refractivity (Wildman–Crippen MR) is 106 cm³/mol. The normalized spacial score (nSPS) is 15.6. The van der Waals surface area contributed by atoms with Crippen LogP contribution in [0.3, 0.4) is 0 Å². The number of amides is 2. The number of aryl methyl sites for hydroxylation is 2. The van der Waals surface area contributed by atoms with Crippen LogP contribution >= 0.6 is 11.6 Å². The van der Waals surface area contributed by atoms with E-state index in [0.717, 1.165) is 28.1 Å². The van der Waals surface area contributed by atoms with Crippen LogP contribution in [0.4, 0.5) is 5.69 Å². The number of halogens is 1. The van der Waals surface area contributed by atoms with Gasteiger partial charge in [0.2, 0.25) is 5.91 Å². The lowest BCUT2D eigenvalue weighted by Crippen LogP contribution is -2.37. The highest BCUT2D eigenvalue weighted by atomic mass is 35.5. The van der Waals surface area contributed by atoms with E-state index in [4.69, 9.17) is 16.3 Å². The van der Waals surface area contributed by atoms with Crippen molar-refractivity contribution < 1.29 is 14.3 Å². The number of nitrogens with zero attached hydrogens (tertiary/aromatic N) is 1. The number of hydrogen-bond donors (Lipinski definition) is 1. The summed E-state index contributed by atoms with van der Waals surface area (Å²) in [6.45, 7) is 6.42. The van der Waals surface area contributed by atoms with Crippen molar-refractivity contribution in [3.05, 3.63) is 58.1 Å². The highest BCUT2D eigenvalue weighted by molar-refractivity contribution is 6.30. The van der Waals surface area contributed by atoms with E-state index in [1.165, 1.54) is 6.92 Å². The van der Waals surface area contributed by atoms with Crippen LogP contribution in [0.15, 0.2) is 36.4 Å². The second kappa shape index (κ2) is 8.01. The van der Waals surface area contributed by atoms with Crippen LogP contribution in [0.2, 0.25) is 5.02 Å². The fourth-order valence-corrected chi connectivity index (χ4v) is 3.61. The largest absolute Gasteiger partial charge is 0.494 e. The van der Waals surface area contributed by atoms with Crippen LogP contribution < -0.4 is 15.0 Å². The molecule has 1 N–H and O–H groups in total. The summed E-state index contributed by atoms with van der Waals surface area (Å²) in [4.78, 5) is 26.2. The summed E-state index contributed by atoms with van der Waals surface area (Å²) in [6.07, 6.45) is 0.675. The van der Waals surface area contributed by atoms with Crippen LogP contribution in [0.5, 0.6) is 5.75 Å². The molecule has 0 aliphatic carbocycles. The molecule has 0 radical (unpaired) electrons. The van der Waals surface area contributed by atoms with Crippen molar-refractivity contribution in [3.63, 3.8) is 0 Å². The van der Waals surface area contributed by atoms with E-state index in [1.807, 2.05) is 32.0 Å². The zero-order chi connectivity index (χ0) is 19.6. The summed E-state index contributed by atoms with van der Waals surface area (Å²) in [5.41, 5.74) is 3.87. The lowest BCUT2D eigenvalue weighted by molar-refractivity contribution is -0.126. The molecule has 1 aliphatic heterocycles. The van der Waals surface area contributed by atoms with Crippen molar-refractivity contribution in [2.45, 2.75) is 33.2 Å². The van der Waals surface area contributed by atoms with Gasteiger partial charge in [0.1, 0.15) is 11.8 Å². The smallest absolute Gasteiger partial charge is 0.254 e. The summed E-state index contributed by atoms with van der Waals surface area (Å²) in [5.74, 6) is 0.433. The molecule has 0 unspecified atom stereocenters. The van der Waals surface area contributed by atoms with Gasteiger partial charge in [-0.2, -0.15) is 0 Å². The quantitative estimate of drug-likeness (QED) is 0.765. The second-order valence-electron chi connectivity index (χ2n) is 6.80. The number of rotatable bonds is 6. The van der Waals surface area contributed by atoms with Crippen LogP contribution in [0.25, 0.3) is 0 Å². The molecule has 0 bridgehead atoms. The second-order valence-corrected chi connectivity index (χ2v) is 7.24. The van der Waals surface area contributed by atoms with E-state index in [9.17, 15) is 9.59 Å². The molecule has 2 aromatic rings. The van der Waals surface area contributed by atoms with Crippen molar-refractivity contribution in [2.24, 2.45) is 0 Å². The molecule has 27 heavy (non-hydrogen) atoms. The van der Waals surface area contributed by atoms with Gasteiger partial charge in [0, 0.05) is 24.1 Å². The van der Waals surface area contributed by atoms with Gasteiger partial charge in [-0.1, -0.05) is 29.3 Å². The van der Waals surface area contributed by atoms with Crippen LogP contribution in [0, 0.1) is 13.8 Å². The molecule has 0 aromatic heterocycles. The fourth-order valence-electron chi connectivity index (χ4n) is 3.49. The predicted octanol–water partition coefficient (Wildman–Crippen LogP) is 3.95. The van der Waals surface area contributed by atoms with Gasteiger partial charge in [0.05, 0.1) is 12.3 Å². The van der Waals surface area contributed by atoms with Gasteiger partial charge in [-0.05, 0) is 50.1 Å². The van der Waals surface area contributed by atoms with Gasteiger partial charge in [-0.25, -0.2) is 0 Å².